The average Bonchev–Trinajstić information content (AvgIpc) is 2.36. The predicted molar refractivity (Wildman–Crippen MR) is 78.8 cm³/mol. The third kappa shape index (κ3) is 5.87. The highest BCUT2D eigenvalue weighted by Crippen LogP contribution is 2.11. The van der Waals surface area contributed by atoms with E-state index in [4.69, 9.17) is 4.74 Å². The number of carbonyl (C=O) groups is 2. The first-order valence-corrected chi connectivity index (χ1v) is 6.86. The van der Waals surface area contributed by atoms with Crippen molar-refractivity contribution in [3.05, 3.63) is 35.9 Å². The average molecular weight is 277 g/mol. The van der Waals surface area contributed by atoms with Crippen LogP contribution in [0, 0.1) is 5.92 Å². The molecule has 0 bridgehead atoms. The quantitative estimate of drug-likeness (QED) is 0.839. The van der Waals surface area contributed by atoms with Gasteiger partial charge in [0.25, 0.3) is 0 Å². The molecular weight excluding hydrogens is 254 g/mol. The summed E-state index contributed by atoms with van der Waals surface area (Å²) in [6, 6.07) is 9.18. The van der Waals surface area contributed by atoms with Gasteiger partial charge in [-0.15, -0.1) is 0 Å². The molecule has 0 aliphatic carbocycles. The fourth-order valence-electron chi connectivity index (χ4n) is 1.72. The summed E-state index contributed by atoms with van der Waals surface area (Å²) in [5.41, 5.74) is 0.201. The van der Waals surface area contributed by atoms with Crippen LogP contribution in [0.4, 0.5) is 4.79 Å². The summed E-state index contributed by atoms with van der Waals surface area (Å²) in [5.74, 6) is -0.0380. The van der Waals surface area contributed by atoms with Gasteiger partial charge >= 0.3 is 6.09 Å². The zero-order chi connectivity index (χ0) is 15.2. The smallest absolute Gasteiger partial charge is 0.407 e. The van der Waals surface area contributed by atoms with Crippen molar-refractivity contribution in [1.29, 1.82) is 0 Å². The van der Waals surface area contributed by atoms with Crippen molar-refractivity contribution in [1.82, 2.24) is 5.32 Å². The first-order valence-electron chi connectivity index (χ1n) is 6.86. The third-order valence-electron chi connectivity index (χ3n) is 2.75. The SMILES string of the molecule is CC(CCNC(=O)OC(C)(C)C)C(=O)c1ccccc1. The van der Waals surface area contributed by atoms with Crippen molar-refractivity contribution in [2.45, 2.75) is 39.7 Å². The van der Waals surface area contributed by atoms with Crippen LogP contribution in [0.3, 0.4) is 0 Å². The van der Waals surface area contributed by atoms with Crippen molar-refractivity contribution in [3.8, 4) is 0 Å². The maximum Gasteiger partial charge on any atom is 0.407 e. The van der Waals surface area contributed by atoms with Crippen LogP contribution >= 0.6 is 0 Å². The van der Waals surface area contributed by atoms with E-state index in [1.165, 1.54) is 0 Å². The van der Waals surface area contributed by atoms with Gasteiger partial charge < -0.3 is 10.1 Å². The summed E-state index contributed by atoms with van der Waals surface area (Å²) in [6.07, 6.45) is 0.143. The lowest BCUT2D eigenvalue weighted by molar-refractivity contribution is 0.0523. The maximum absolute atomic E-state index is 12.1. The van der Waals surface area contributed by atoms with E-state index in [1.54, 1.807) is 12.1 Å². The molecule has 4 heteroatoms. The Balaban J connectivity index is 2.35. The van der Waals surface area contributed by atoms with E-state index in [0.717, 1.165) is 0 Å². The van der Waals surface area contributed by atoms with Crippen LogP contribution in [0.25, 0.3) is 0 Å². The Morgan fingerprint density at radius 1 is 1.20 bits per heavy atom. The van der Waals surface area contributed by atoms with Crippen LogP contribution in [0.1, 0.15) is 44.5 Å². The highest BCUT2D eigenvalue weighted by molar-refractivity contribution is 5.97. The van der Waals surface area contributed by atoms with E-state index >= 15 is 0 Å². The monoisotopic (exact) mass is 277 g/mol. The number of benzene rings is 1. The number of hydrogen-bond acceptors (Lipinski definition) is 3. The lowest BCUT2D eigenvalue weighted by Gasteiger charge is -2.20. The molecule has 1 unspecified atom stereocenters. The summed E-state index contributed by atoms with van der Waals surface area (Å²) in [7, 11) is 0. The van der Waals surface area contributed by atoms with Crippen LogP contribution in [0.2, 0.25) is 0 Å². The van der Waals surface area contributed by atoms with Crippen molar-refractivity contribution < 1.29 is 14.3 Å². The van der Waals surface area contributed by atoms with E-state index in [0.29, 0.717) is 18.5 Å². The Bertz CT molecular complexity index is 449. The Labute approximate surface area is 120 Å². The Hall–Kier alpha value is -1.84. The first-order chi connectivity index (χ1) is 9.29. The molecule has 1 aromatic rings. The normalized spacial score (nSPS) is 12.6. The van der Waals surface area contributed by atoms with Gasteiger partial charge in [0.1, 0.15) is 5.60 Å². The molecule has 0 aliphatic heterocycles. The highest BCUT2D eigenvalue weighted by Gasteiger charge is 2.17. The molecule has 0 fully saturated rings. The molecule has 1 rings (SSSR count). The number of Topliss-reactive ketones (excluding diaryl/α,β-unsaturated/α-hetero) is 1. The fraction of sp³-hybridized carbons (Fsp3) is 0.500. The number of amides is 1. The zero-order valence-corrected chi connectivity index (χ0v) is 12.6. The summed E-state index contributed by atoms with van der Waals surface area (Å²) in [5, 5.41) is 2.66. The van der Waals surface area contributed by atoms with Gasteiger partial charge in [-0.25, -0.2) is 4.79 Å². The third-order valence-corrected chi connectivity index (χ3v) is 2.75. The number of ether oxygens (including phenoxy) is 1. The predicted octanol–water partition coefficient (Wildman–Crippen LogP) is 3.42. The molecule has 1 aromatic carbocycles. The van der Waals surface area contributed by atoms with Gasteiger partial charge in [-0.2, -0.15) is 0 Å². The lowest BCUT2D eigenvalue weighted by Crippen LogP contribution is -2.33. The molecule has 0 radical (unpaired) electrons. The van der Waals surface area contributed by atoms with Crippen molar-refractivity contribution >= 4 is 11.9 Å². The van der Waals surface area contributed by atoms with Gasteiger partial charge in [0.05, 0.1) is 0 Å². The van der Waals surface area contributed by atoms with Crippen LogP contribution < -0.4 is 5.32 Å². The molecule has 110 valence electrons. The van der Waals surface area contributed by atoms with E-state index in [9.17, 15) is 9.59 Å². The minimum absolute atomic E-state index is 0.0941. The minimum Gasteiger partial charge on any atom is -0.444 e. The minimum atomic E-state index is -0.504. The number of hydrogen-bond donors (Lipinski definition) is 1. The van der Waals surface area contributed by atoms with Crippen molar-refractivity contribution in [2.24, 2.45) is 5.92 Å². The number of alkyl carbamates (subject to hydrolysis) is 1. The molecule has 0 saturated heterocycles. The van der Waals surface area contributed by atoms with Gasteiger partial charge in [-0.3, -0.25) is 4.79 Å². The molecule has 0 aliphatic rings. The molecule has 0 heterocycles. The van der Waals surface area contributed by atoms with Crippen molar-refractivity contribution in [2.75, 3.05) is 6.54 Å². The van der Waals surface area contributed by atoms with Crippen LogP contribution in [-0.2, 0) is 4.74 Å². The molecule has 1 N–H and O–H groups in total. The molecule has 0 saturated carbocycles. The Morgan fingerprint density at radius 2 is 1.80 bits per heavy atom. The second-order valence-corrected chi connectivity index (χ2v) is 5.85. The summed E-state index contributed by atoms with van der Waals surface area (Å²) >= 11 is 0. The number of carbonyl (C=O) groups excluding carboxylic acids is 2. The van der Waals surface area contributed by atoms with Gasteiger partial charge in [0, 0.05) is 18.0 Å². The second-order valence-electron chi connectivity index (χ2n) is 5.85. The molecular formula is C16H23NO3. The van der Waals surface area contributed by atoms with Gasteiger partial charge in [-0.1, -0.05) is 37.3 Å². The molecule has 0 spiro atoms. The van der Waals surface area contributed by atoms with Gasteiger partial charge in [0.15, 0.2) is 5.78 Å². The topological polar surface area (TPSA) is 55.4 Å². The number of rotatable bonds is 5. The summed E-state index contributed by atoms with van der Waals surface area (Å²) in [4.78, 5) is 23.6. The second kappa shape index (κ2) is 7.08. The summed E-state index contributed by atoms with van der Waals surface area (Å²) in [6.45, 7) is 7.73. The Kier molecular flexibility index (Phi) is 5.74. The standard InChI is InChI=1S/C16H23NO3/c1-12(14(18)13-8-6-5-7-9-13)10-11-17-15(19)20-16(2,3)4/h5-9,12H,10-11H2,1-4H3,(H,17,19). The van der Waals surface area contributed by atoms with Crippen LogP contribution in [0.5, 0.6) is 0 Å². The van der Waals surface area contributed by atoms with E-state index in [2.05, 4.69) is 5.32 Å². The highest BCUT2D eigenvalue weighted by atomic mass is 16.6. The fourth-order valence-corrected chi connectivity index (χ4v) is 1.72. The van der Waals surface area contributed by atoms with E-state index in [-0.39, 0.29) is 11.7 Å². The largest absolute Gasteiger partial charge is 0.444 e. The maximum atomic E-state index is 12.1. The summed E-state index contributed by atoms with van der Waals surface area (Å²) < 4.78 is 5.13. The van der Waals surface area contributed by atoms with Crippen LogP contribution in [-0.4, -0.2) is 24.0 Å². The molecule has 1 atom stereocenters. The molecule has 4 nitrogen and oxygen atoms in total. The van der Waals surface area contributed by atoms with E-state index < -0.39 is 11.7 Å². The van der Waals surface area contributed by atoms with Gasteiger partial charge in [-0.05, 0) is 27.2 Å². The lowest BCUT2D eigenvalue weighted by atomic mass is 9.96. The number of nitrogens with one attached hydrogen (secondary N) is 1. The van der Waals surface area contributed by atoms with Crippen LogP contribution in [0.15, 0.2) is 30.3 Å². The number of ketones is 1. The molecule has 20 heavy (non-hydrogen) atoms. The zero-order valence-electron chi connectivity index (χ0n) is 12.6. The van der Waals surface area contributed by atoms with Gasteiger partial charge in [0.2, 0.25) is 0 Å². The van der Waals surface area contributed by atoms with E-state index in [1.807, 2.05) is 45.9 Å². The Morgan fingerprint density at radius 3 is 2.35 bits per heavy atom. The van der Waals surface area contributed by atoms with Crippen molar-refractivity contribution in [3.63, 3.8) is 0 Å². The molecule has 0 aromatic heterocycles. The molecule has 1 amide bonds. The first kappa shape index (κ1) is 16.2.